The highest BCUT2D eigenvalue weighted by Gasteiger charge is 2.16. The van der Waals surface area contributed by atoms with Crippen LogP contribution in [0.15, 0.2) is 72.9 Å². The van der Waals surface area contributed by atoms with Crippen molar-refractivity contribution in [3.8, 4) is 5.75 Å². The van der Waals surface area contributed by atoms with E-state index in [4.69, 9.17) is 4.74 Å². The number of carbonyl (C=O) groups excluding carboxylic acids is 1. The summed E-state index contributed by atoms with van der Waals surface area (Å²) in [6.07, 6.45) is 4.11. The van der Waals surface area contributed by atoms with Crippen LogP contribution in [0.1, 0.15) is 36.6 Å². The van der Waals surface area contributed by atoms with Gasteiger partial charge in [-0.2, -0.15) is 0 Å². The minimum atomic E-state index is 0.0191. The first kappa shape index (κ1) is 20.7. The van der Waals surface area contributed by atoms with E-state index < -0.39 is 0 Å². The zero-order valence-corrected chi connectivity index (χ0v) is 17.4. The zero-order valence-electron chi connectivity index (χ0n) is 17.4. The number of ether oxygens (including phenoxy) is 1. The fourth-order valence-corrected chi connectivity index (χ4v) is 3.34. The predicted octanol–water partition coefficient (Wildman–Crippen LogP) is 5.05. The number of rotatable bonds is 10. The third-order valence-corrected chi connectivity index (χ3v) is 4.95. The van der Waals surface area contributed by atoms with Crippen LogP contribution < -0.4 is 4.74 Å². The van der Waals surface area contributed by atoms with Crippen molar-refractivity contribution < 1.29 is 9.53 Å². The van der Waals surface area contributed by atoms with Crippen molar-refractivity contribution in [1.82, 2.24) is 9.47 Å². The molecule has 3 aromatic rings. The molecule has 0 fully saturated rings. The second-order valence-corrected chi connectivity index (χ2v) is 7.39. The molecule has 0 spiro atoms. The third-order valence-electron chi connectivity index (χ3n) is 4.95. The highest BCUT2D eigenvalue weighted by Crippen LogP contribution is 2.14. The Morgan fingerprint density at radius 2 is 1.86 bits per heavy atom. The van der Waals surface area contributed by atoms with Crippen LogP contribution in [0.4, 0.5) is 0 Å². The van der Waals surface area contributed by atoms with Gasteiger partial charge >= 0.3 is 0 Å². The minimum absolute atomic E-state index is 0.0191. The Morgan fingerprint density at radius 3 is 2.62 bits per heavy atom. The molecular formula is C25H30N2O2. The van der Waals surface area contributed by atoms with Crippen LogP contribution in [-0.4, -0.2) is 28.5 Å². The Morgan fingerprint density at radius 1 is 1.03 bits per heavy atom. The molecule has 4 heteroatoms. The van der Waals surface area contributed by atoms with Crippen molar-refractivity contribution in [1.29, 1.82) is 0 Å². The van der Waals surface area contributed by atoms with Crippen LogP contribution in [0, 0.1) is 6.92 Å². The van der Waals surface area contributed by atoms with E-state index in [1.807, 2.05) is 41.3 Å². The van der Waals surface area contributed by atoms with E-state index in [0.29, 0.717) is 6.54 Å². The molecule has 0 unspecified atom stereocenters. The van der Waals surface area contributed by atoms with Crippen molar-refractivity contribution in [3.63, 3.8) is 0 Å². The summed E-state index contributed by atoms with van der Waals surface area (Å²) in [4.78, 5) is 14.8. The van der Waals surface area contributed by atoms with Crippen LogP contribution in [0.2, 0.25) is 0 Å². The van der Waals surface area contributed by atoms with Gasteiger partial charge in [0.05, 0.1) is 6.54 Å². The van der Waals surface area contributed by atoms with Gasteiger partial charge in [0.25, 0.3) is 5.91 Å². The van der Waals surface area contributed by atoms with E-state index in [1.54, 1.807) is 0 Å². The molecule has 0 atom stereocenters. The number of amides is 1. The predicted molar refractivity (Wildman–Crippen MR) is 117 cm³/mol. The summed E-state index contributed by atoms with van der Waals surface area (Å²) in [6, 6.07) is 22.2. The topological polar surface area (TPSA) is 34.5 Å². The quantitative estimate of drug-likeness (QED) is 0.485. The molecule has 29 heavy (non-hydrogen) atoms. The van der Waals surface area contributed by atoms with Gasteiger partial charge in [-0.15, -0.1) is 0 Å². The molecule has 0 aliphatic heterocycles. The van der Waals surface area contributed by atoms with Crippen LogP contribution in [0.5, 0.6) is 5.75 Å². The van der Waals surface area contributed by atoms with Crippen LogP contribution in [0.3, 0.4) is 0 Å². The Labute approximate surface area is 173 Å². The average molecular weight is 391 g/mol. The molecule has 4 nitrogen and oxygen atoms in total. The normalized spacial score (nSPS) is 10.7. The maximum atomic E-state index is 12.9. The Balaban J connectivity index is 1.66. The number of benzene rings is 2. The number of hydrogen-bond donors (Lipinski definition) is 0. The van der Waals surface area contributed by atoms with Crippen molar-refractivity contribution in [2.75, 3.05) is 13.2 Å². The Hall–Kier alpha value is -3.01. The van der Waals surface area contributed by atoms with E-state index in [-0.39, 0.29) is 12.5 Å². The Bertz CT molecular complexity index is 902. The summed E-state index contributed by atoms with van der Waals surface area (Å²) >= 11 is 0. The molecule has 0 radical (unpaired) electrons. The van der Waals surface area contributed by atoms with Gasteiger partial charge in [0.15, 0.2) is 6.61 Å². The van der Waals surface area contributed by atoms with Crippen molar-refractivity contribution in [2.24, 2.45) is 0 Å². The van der Waals surface area contributed by atoms with Gasteiger partial charge in [-0.05, 0) is 43.2 Å². The number of carbonyl (C=O) groups is 1. The van der Waals surface area contributed by atoms with Gasteiger partial charge in [0.2, 0.25) is 0 Å². The summed E-state index contributed by atoms with van der Waals surface area (Å²) in [5, 5.41) is 0. The molecular weight excluding hydrogens is 360 g/mol. The van der Waals surface area contributed by atoms with Gasteiger partial charge in [0, 0.05) is 25.0 Å². The SMILES string of the molecule is CCCCN(Cc1cccn1Cc1cccc(C)c1)C(=O)COc1ccccc1. The molecule has 152 valence electrons. The monoisotopic (exact) mass is 390 g/mol. The standard InChI is InChI=1S/C25H30N2O2/c1-3-4-15-27(25(28)20-29-24-13-6-5-7-14-24)19-23-12-9-16-26(23)18-22-11-8-10-21(2)17-22/h5-14,16-17H,3-4,15,18-20H2,1-2H3. The average Bonchev–Trinajstić information content (AvgIpc) is 3.16. The molecule has 0 N–H and O–H groups in total. The van der Waals surface area contributed by atoms with E-state index in [2.05, 4.69) is 54.9 Å². The van der Waals surface area contributed by atoms with Gasteiger partial charge in [0.1, 0.15) is 5.75 Å². The first-order chi connectivity index (χ1) is 14.2. The van der Waals surface area contributed by atoms with Crippen LogP contribution >= 0.6 is 0 Å². The van der Waals surface area contributed by atoms with Gasteiger partial charge < -0.3 is 14.2 Å². The highest BCUT2D eigenvalue weighted by atomic mass is 16.5. The minimum Gasteiger partial charge on any atom is -0.484 e. The molecule has 0 bridgehead atoms. The van der Waals surface area contributed by atoms with Gasteiger partial charge in [-0.3, -0.25) is 4.79 Å². The second kappa shape index (κ2) is 10.5. The molecule has 1 heterocycles. The lowest BCUT2D eigenvalue weighted by atomic mass is 10.1. The van der Waals surface area contributed by atoms with E-state index >= 15 is 0 Å². The fraction of sp³-hybridized carbons (Fsp3) is 0.320. The van der Waals surface area contributed by atoms with E-state index in [0.717, 1.165) is 37.4 Å². The largest absolute Gasteiger partial charge is 0.484 e. The number of para-hydroxylation sites is 1. The summed E-state index contributed by atoms with van der Waals surface area (Å²) in [5.41, 5.74) is 3.66. The third kappa shape index (κ3) is 6.24. The highest BCUT2D eigenvalue weighted by molar-refractivity contribution is 5.77. The molecule has 0 saturated heterocycles. The molecule has 3 rings (SSSR count). The maximum Gasteiger partial charge on any atom is 0.260 e. The lowest BCUT2D eigenvalue weighted by Gasteiger charge is -2.24. The lowest BCUT2D eigenvalue weighted by Crippen LogP contribution is -2.36. The maximum absolute atomic E-state index is 12.9. The van der Waals surface area contributed by atoms with Gasteiger partial charge in [-0.1, -0.05) is 61.4 Å². The first-order valence-corrected chi connectivity index (χ1v) is 10.3. The van der Waals surface area contributed by atoms with Gasteiger partial charge in [-0.25, -0.2) is 0 Å². The van der Waals surface area contributed by atoms with Crippen molar-refractivity contribution in [3.05, 3.63) is 89.7 Å². The molecule has 1 amide bonds. The molecule has 0 saturated carbocycles. The summed E-state index contributed by atoms with van der Waals surface area (Å²) < 4.78 is 7.91. The van der Waals surface area contributed by atoms with Crippen molar-refractivity contribution in [2.45, 2.75) is 39.8 Å². The molecule has 1 aromatic heterocycles. The number of unbranched alkanes of at least 4 members (excludes halogenated alkanes) is 1. The number of aromatic nitrogens is 1. The molecule has 2 aromatic carbocycles. The molecule has 0 aliphatic carbocycles. The first-order valence-electron chi connectivity index (χ1n) is 10.3. The number of nitrogens with zero attached hydrogens (tertiary/aromatic N) is 2. The van der Waals surface area contributed by atoms with Crippen LogP contribution in [0.25, 0.3) is 0 Å². The second-order valence-electron chi connectivity index (χ2n) is 7.39. The summed E-state index contributed by atoms with van der Waals surface area (Å²) in [5.74, 6) is 0.740. The smallest absolute Gasteiger partial charge is 0.260 e. The lowest BCUT2D eigenvalue weighted by molar-refractivity contribution is -0.134. The zero-order chi connectivity index (χ0) is 20.5. The Kier molecular flexibility index (Phi) is 7.51. The fourth-order valence-electron chi connectivity index (χ4n) is 3.34. The molecule has 0 aliphatic rings. The number of aryl methyl sites for hydroxylation is 1. The number of hydrogen-bond acceptors (Lipinski definition) is 2. The van der Waals surface area contributed by atoms with Crippen molar-refractivity contribution >= 4 is 5.91 Å². The summed E-state index contributed by atoms with van der Waals surface area (Å²) in [7, 11) is 0. The van der Waals surface area contributed by atoms with Crippen LogP contribution in [-0.2, 0) is 17.9 Å². The van der Waals surface area contributed by atoms with E-state index in [9.17, 15) is 4.79 Å². The summed E-state index contributed by atoms with van der Waals surface area (Å²) in [6.45, 7) is 6.45. The van der Waals surface area contributed by atoms with E-state index in [1.165, 1.54) is 11.1 Å².